The second kappa shape index (κ2) is 6.42. The molecule has 1 aromatic carbocycles. The van der Waals surface area contributed by atoms with E-state index in [1.54, 1.807) is 11.8 Å². The van der Waals surface area contributed by atoms with Crippen molar-refractivity contribution >= 4 is 44.7 Å². The van der Waals surface area contributed by atoms with Crippen molar-refractivity contribution in [1.29, 1.82) is 0 Å². The first-order valence-corrected chi connectivity index (χ1v) is 9.63. The molecule has 2 amide bonds. The van der Waals surface area contributed by atoms with Crippen LogP contribution in [-0.2, 0) is 11.2 Å². The Bertz CT molecular complexity index is 1100. The molecule has 7 heteroatoms. The van der Waals surface area contributed by atoms with E-state index in [-0.39, 0.29) is 11.8 Å². The third-order valence-electron chi connectivity index (χ3n) is 4.90. The average molecular weight is 380 g/mol. The highest BCUT2D eigenvalue weighted by molar-refractivity contribution is 7.20. The van der Waals surface area contributed by atoms with Crippen LogP contribution in [0.25, 0.3) is 10.2 Å². The summed E-state index contributed by atoms with van der Waals surface area (Å²) in [5.74, 6) is 0.606. The average Bonchev–Trinajstić information content (AvgIpc) is 3.15. The van der Waals surface area contributed by atoms with E-state index in [9.17, 15) is 9.59 Å². The minimum Gasteiger partial charge on any atom is -0.321 e. The Balaban J connectivity index is 1.64. The number of anilines is 2. The minimum absolute atomic E-state index is 0.0400. The van der Waals surface area contributed by atoms with Gasteiger partial charge in [-0.25, -0.2) is 9.97 Å². The van der Waals surface area contributed by atoms with Crippen LogP contribution in [0.3, 0.4) is 0 Å². The van der Waals surface area contributed by atoms with Gasteiger partial charge in [0, 0.05) is 35.9 Å². The van der Waals surface area contributed by atoms with E-state index in [0.29, 0.717) is 17.2 Å². The van der Waals surface area contributed by atoms with E-state index in [2.05, 4.69) is 15.3 Å². The lowest BCUT2D eigenvalue weighted by atomic mass is 10.1. The first-order chi connectivity index (χ1) is 12.8. The van der Waals surface area contributed by atoms with Crippen molar-refractivity contribution in [2.24, 2.45) is 0 Å². The van der Waals surface area contributed by atoms with Crippen LogP contribution in [0.1, 0.15) is 39.2 Å². The number of hydrogen-bond acceptors (Lipinski definition) is 5. The highest BCUT2D eigenvalue weighted by Crippen LogP contribution is 2.33. The topological polar surface area (TPSA) is 75.2 Å². The maximum Gasteiger partial charge on any atom is 0.266 e. The van der Waals surface area contributed by atoms with Gasteiger partial charge in [0.15, 0.2) is 0 Å². The van der Waals surface area contributed by atoms with Crippen molar-refractivity contribution in [3.63, 3.8) is 0 Å². The molecule has 0 bridgehead atoms. The molecule has 0 saturated carbocycles. The minimum atomic E-state index is -0.145. The van der Waals surface area contributed by atoms with Gasteiger partial charge in [-0.05, 0) is 56.5 Å². The molecule has 0 fully saturated rings. The molecule has 138 valence electrons. The molecule has 0 spiro atoms. The molecule has 1 aliphatic heterocycles. The molecule has 2 aromatic heterocycles. The van der Waals surface area contributed by atoms with Crippen molar-refractivity contribution in [1.82, 2.24) is 9.97 Å². The monoisotopic (exact) mass is 380 g/mol. The van der Waals surface area contributed by atoms with Gasteiger partial charge in [-0.3, -0.25) is 9.59 Å². The van der Waals surface area contributed by atoms with Gasteiger partial charge in [-0.1, -0.05) is 0 Å². The van der Waals surface area contributed by atoms with Crippen LogP contribution in [-0.4, -0.2) is 28.3 Å². The molecule has 1 aliphatic rings. The number of nitrogens with zero attached hydrogens (tertiary/aromatic N) is 3. The molecule has 6 nitrogen and oxygen atoms in total. The maximum absolute atomic E-state index is 12.9. The predicted molar refractivity (Wildman–Crippen MR) is 108 cm³/mol. The molecule has 3 aromatic rings. The largest absolute Gasteiger partial charge is 0.321 e. The number of hydrogen-bond donors (Lipinski definition) is 1. The SMILES string of the molecule is CC(=O)N1CCc2cc(NC(=O)c3sc4nc(C)nc(C)c4c3C)ccc21. The van der Waals surface area contributed by atoms with Crippen molar-refractivity contribution in [2.75, 3.05) is 16.8 Å². The Hall–Kier alpha value is -2.80. The van der Waals surface area contributed by atoms with Gasteiger partial charge >= 0.3 is 0 Å². The molecule has 0 unspecified atom stereocenters. The van der Waals surface area contributed by atoms with Gasteiger partial charge in [0.1, 0.15) is 10.7 Å². The third kappa shape index (κ3) is 2.98. The Kier molecular flexibility index (Phi) is 4.19. The summed E-state index contributed by atoms with van der Waals surface area (Å²) in [6, 6.07) is 5.69. The fraction of sp³-hybridized carbons (Fsp3) is 0.300. The molecule has 27 heavy (non-hydrogen) atoms. The number of thiophene rings is 1. The molecule has 0 atom stereocenters. The zero-order valence-electron chi connectivity index (χ0n) is 15.7. The summed E-state index contributed by atoms with van der Waals surface area (Å²) in [4.78, 5) is 36.7. The number of amides is 2. The number of nitrogens with one attached hydrogen (secondary N) is 1. The predicted octanol–water partition coefficient (Wildman–Crippen LogP) is 3.78. The molecule has 3 heterocycles. The van der Waals surface area contributed by atoms with Crippen LogP contribution < -0.4 is 10.2 Å². The maximum atomic E-state index is 12.9. The van der Waals surface area contributed by atoms with Crippen molar-refractivity contribution in [3.8, 4) is 0 Å². The molecule has 1 N–H and O–H groups in total. The molecule has 0 aliphatic carbocycles. The van der Waals surface area contributed by atoms with Gasteiger partial charge in [-0.2, -0.15) is 0 Å². The lowest BCUT2D eigenvalue weighted by Crippen LogP contribution is -2.25. The van der Waals surface area contributed by atoms with E-state index in [0.717, 1.165) is 44.8 Å². The summed E-state index contributed by atoms with van der Waals surface area (Å²) in [7, 11) is 0. The number of benzene rings is 1. The van der Waals surface area contributed by atoms with Crippen LogP contribution in [0, 0.1) is 20.8 Å². The number of rotatable bonds is 2. The lowest BCUT2D eigenvalue weighted by molar-refractivity contribution is -0.116. The number of carbonyl (C=O) groups is 2. The summed E-state index contributed by atoms with van der Waals surface area (Å²) in [6.07, 6.45) is 0.800. The number of fused-ring (bicyclic) bond motifs is 2. The van der Waals surface area contributed by atoms with Gasteiger partial charge in [0.25, 0.3) is 5.91 Å². The molecule has 0 radical (unpaired) electrons. The number of aromatic nitrogens is 2. The zero-order valence-corrected chi connectivity index (χ0v) is 16.5. The summed E-state index contributed by atoms with van der Waals surface area (Å²) in [5, 5.41) is 3.95. The summed E-state index contributed by atoms with van der Waals surface area (Å²) in [6.45, 7) is 8.00. The smallest absolute Gasteiger partial charge is 0.266 e. The van der Waals surface area contributed by atoms with Gasteiger partial charge in [-0.15, -0.1) is 11.3 Å². The summed E-state index contributed by atoms with van der Waals surface area (Å²) < 4.78 is 0. The Morgan fingerprint density at radius 1 is 1.19 bits per heavy atom. The highest BCUT2D eigenvalue weighted by Gasteiger charge is 2.23. The normalized spacial score (nSPS) is 13.1. The lowest BCUT2D eigenvalue weighted by Gasteiger charge is -2.15. The van der Waals surface area contributed by atoms with Crippen LogP contribution in [0.4, 0.5) is 11.4 Å². The van der Waals surface area contributed by atoms with E-state index < -0.39 is 0 Å². The van der Waals surface area contributed by atoms with Crippen LogP contribution in [0.5, 0.6) is 0 Å². The van der Waals surface area contributed by atoms with Crippen LogP contribution >= 0.6 is 11.3 Å². The third-order valence-corrected chi connectivity index (χ3v) is 6.09. The molecular weight excluding hydrogens is 360 g/mol. The fourth-order valence-electron chi connectivity index (χ4n) is 3.68. The number of aryl methyl sites for hydroxylation is 3. The van der Waals surface area contributed by atoms with E-state index in [4.69, 9.17) is 0 Å². The second-order valence-electron chi connectivity index (χ2n) is 6.81. The molecular formula is C20H20N4O2S. The Labute approximate surface area is 161 Å². The first-order valence-electron chi connectivity index (χ1n) is 8.82. The first kappa shape index (κ1) is 17.6. The van der Waals surface area contributed by atoms with E-state index in [1.165, 1.54) is 11.3 Å². The van der Waals surface area contributed by atoms with Crippen LogP contribution in [0.15, 0.2) is 18.2 Å². The Morgan fingerprint density at radius 2 is 1.96 bits per heavy atom. The quantitative estimate of drug-likeness (QED) is 0.734. The van der Waals surface area contributed by atoms with Crippen molar-refractivity contribution in [2.45, 2.75) is 34.1 Å². The Morgan fingerprint density at radius 3 is 2.70 bits per heavy atom. The standard InChI is InChI=1S/C20H20N4O2S/c1-10-17-11(2)21-12(3)22-20(17)27-18(10)19(26)23-15-5-6-16-14(9-15)7-8-24(16)13(4)25/h5-6,9H,7-8H2,1-4H3,(H,23,26). The molecule has 0 saturated heterocycles. The second-order valence-corrected chi connectivity index (χ2v) is 7.81. The number of carbonyl (C=O) groups excluding carboxylic acids is 2. The van der Waals surface area contributed by atoms with Crippen molar-refractivity contribution < 1.29 is 9.59 Å². The van der Waals surface area contributed by atoms with Gasteiger partial charge < -0.3 is 10.2 Å². The van der Waals surface area contributed by atoms with E-state index >= 15 is 0 Å². The highest BCUT2D eigenvalue weighted by atomic mass is 32.1. The van der Waals surface area contributed by atoms with Crippen molar-refractivity contribution in [3.05, 3.63) is 45.7 Å². The summed E-state index contributed by atoms with van der Waals surface area (Å²) in [5.41, 5.74) is 4.55. The van der Waals surface area contributed by atoms with E-state index in [1.807, 2.05) is 39.0 Å². The summed E-state index contributed by atoms with van der Waals surface area (Å²) >= 11 is 1.39. The van der Waals surface area contributed by atoms with Gasteiger partial charge in [0.05, 0.1) is 4.88 Å². The van der Waals surface area contributed by atoms with Gasteiger partial charge in [0.2, 0.25) is 5.91 Å². The zero-order chi connectivity index (χ0) is 19.3. The fourth-order valence-corrected chi connectivity index (χ4v) is 4.86. The molecule has 4 rings (SSSR count). The van der Waals surface area contributed by atoms with Crippen LogP contribution in [0.2, 0.25) is 0 Å².